The van der Waals surface area contributed by atoms with Crippen LogP contribution in [0.3, 0.4) is 0 Å². The minimum Gasteiger partial charge on any atom is -0.488 e. The maximum absolute atomic E-state index is 10.4. The van der Waals surface area contributed by atoms with Gasteiger partial charge in [0.05, 0.1) is 25.4 Å². The van der Waals surface area contributed by atoms with E-state index in [0.717, 1.165) is 35.5 Å². The van der Waals surface area contributed by atoms with E-state index >= 15 is 0 Å². The van der Waals surface area contributed by atoms with Crippen LogP contribution in [-0.2, 0) is 15.9 Å². The minimum absolute atomic E-state index is 0.115. The number of benzene rings is 2. The third-order valence-electron chi connectivity index (χ3n) is 5.56. The first kappa shape index (κ1) is 20.6. The van der Waals surface area contributed by atoms with E-state index in [1.54, 1.807) is 0 Å². The summed E-state index contributed by atoms with van der Waals surface area (Å²) < 4.78 is 17.2. The smallest absolute Gasteiger partial charge is 0.124 e. The zero-order valence-corrected chi connectivity index (χ0v) is 17.2. The van der Waals surface area contributed by atoms with E-state index in [9.17, 15) is 10.2 Å². The van der Waals surface area contributed by atoms with Crippen LogP contribution in [0, 0.1) is 0 Å². The number of hydrogen-bond donors (Lipinski definition) is 2. The SMILES string of the molecule is CC1CC(O)C(O)C(c2ccc(Cl)c(Cc3ccc(O[C@H]4CCOC4)cc3)c2)O1. The molecule has 2 aliphatic rings. The Bertz CT molecular complexity index is 819. The van der Waals surface area contributed by atoms with Crippen molar-refractivity contribution in [3.63, 3.8) is 0 Å². The van der Waals surface area contributed by atoms with Gasteiger partial charge in [0, 0.05) is 17.9 Å². The van der Waals surface area contributed by atoms with E-state index in [1.807, 2.05) is 49.4 Å². The van der Waals surface area contributed by atoms with Crippen LogP contribution in [0.2, 0.25) is 5.02 Å². The van der Waals surface area contributed by atoms with Gasteiger partial charge in [0.2, 0.25) is 0 Å². The van der Waals surface area contributed by atoms with Crippen LogP contribution in [0.5, 0.6) is 5.75 Å². The molecule has 0 bridgehead atoms. The fraction of sp³-hybridized carbons (Fsp3) is 0.478. The molecule has 2 heterocycles. The van der Waals surface area contributed by atoms with Crippen LogP contribution in [0.1, 0.15) is 42.6 Å². The molecule has 0 spiro atoms. The first-order valence-electron chi connectivity index (χ1n) is 10.1. The van der Waals surface area contributed by atoms with Crippen molar-refractivity contribution < 1.29 is 24.4 Å². The summed E-state index contributed by atoms with van der Waals surface area (Å²) >= 11 is 6.43. The minimum atomic E-state index is -0.948. The van der Waals surface area contributed by atoms with Gasteiger partial charge >= 0.3 is 0 Å². The molecule has 4 unspecified atom stereocenters. The molecule has 2 saturated heterocycles. The van der Waals surface area contributed by atoms with Crippen molar-refractivity contribution >= 4 is 11.6 Å². The first-order chi connectivity index (χ1) is 14.0. The van der Waals surface area contributed by atoms with Crippen LogP contribution in [0.25, 0.3) is 0 Å². The molecule has 2 aliphatic heterocycles. The molecule has 0 aromatic heterocycles. The summed E-state index contributed by atoms with van der Waals surface area (Å²) in [5.41, 5.74) is 2.88. The highest BCUT2D eigenvalue weighted by Gasteiger charge is 2.36. The number of ether oxygens (including phenoxy) is 3. The monoisotopic (exact) mass is 418 g/mol. The summed E-state index contributed by atoms with van der Waals surface area (Å²) in [6, 6.07) is 13.6. The van der Waals surface area contributed by atoms with Crippen molar-refractivity contribution in [2.75, 3.05) is 13.2 Å². The zero-order chi connectivity index (χ0) is 20.4. The van der Waals surface area contributed by atoms with Crippen LogP contribution in [-0.4, -0.2) is 47.8 Å². The Hall–Kier alpha value is -1.63. The van der Waals surface area contributed by atoms with Crippen molar-refractivity contribution in [1.82, 2.24) is 0 Å². The van der Waals surface area contributed by atoms with Gasteiger partial charge in [-0.05, 0) is 48.2 Å². The molecule has 0 radical (unpaired) electrons. The fourth-order valence-corrected chi connectivity index (χ4v) is 4.14. The van der Waals surface area contributed by atoms with E-state index in [4.69, 9.17) is 25.8 Å². The van der Waals surface area contributed by atoms with Crippen molar-refractivity contribution in [3.05, 3.63) is 64.2 Å². The number of aliphatic hydroxyl groups excluding tert-OH is 2. The lowest BCUT2D eigenvalue weighted by Crippen LogP contribution is -2.42. The van der Waals surface area contributed by atoms with Crippen molar-refractivity contribution in [2.24, 2.45) is 0 Å². The number of aliphatic hydroxyl groups is 2. The van der Waals surface area contributed by atoms with Crippen molar-refractivity contribution in [3.8, 4) is 5.75 Å². The molecular weight excluding hydrogens is 392 g/mol. The predicted octanol–water partition coefficient (Wildman–Crippen LogP) is 3.67. The van der Waals surface area contributed by atoms with Crippen molar-refractivity contribution in [1.29, 1.82) is 0 Å². The molecule has 2 N–H and O–H groups in total. The van der Waals surface area contributed by atoms with Gasteiger partial charge in [-0.3, -0.25) is 0 Å². The molecule has 2 aromatic carbocycles. The molecule has 29 heavy (non-hydrogen) atoms. The van der Waals surface area contributed by atoms with Crippen LogP contribution < -0.4 is 4.74 Å². The lowest BCUT2D eigenvalue weighted by Gasteiger charge is -2.36. The second-order valence-corrected chi connectivity index (χ2v) is 8.34. The summed E-state index contributed by atoms with van der Waals surface area (Å²) in [5, 5.41) is 21.1. The summed E-state index contributed by atoms with van der Waals surface area (Å²) in [4.78, 5) is 0. The van der Waals surface area contributed by atoms with Crippen molar-refractivity contribution in [2.45, 2.75) is 56.7 Å². The van der Waals surface area contributed by atoms with Gasteiger partial charge in [0.25, 0.3) is 0 Å². The van der Waals surface area contributed by atoms with Gasteiger partial charge in [-0.15, -0.1) is 0 Å². The summed E-state index contributed by atoms with van der Waals surface area (Å²) in [6.45, 7) is 3.31. The third-order valence-corrected chi connectivity index (χ3v) is 5.93. The van der Waals surface area contributed by atoms with Gasteiger partial charge in [0.15, 0.2) is 0 Å². The Labute approximate surface area is 176 Å². The average molecular weight is 419 g/mol. The highest BCUT2D eigenvalue weighted by atomic mass is 35.5. The normalized spacial score (nSPS) is 29.7. The Kier molecular flexibility index (Phi) is 6.42. The molecular formula is C23H27ClO5. The van der Waals surface area contributed by atoms with E-state index < -0.39 is 18.3 Å². The Morgan fingerprint density at radius 1 is 1.14 bits per heavy atom. The summed E-state index contributed by atoms with van der Waals surface area (Å²) in [6.07, 6.45) is -0.278. The maximum Gasteiger partial charge on any atom is 0.124 e. The van der Waals surface area contributed by atoms with Gasteiger partial charge in [-0.25, -0.2) is 0 Å². The molecule has 0 aliphatic carbocycles. The molecule has 5 nitrogen and oxygen atoms in total. The second-order valence-electron chi connectivity index (χ2n) is 7.94. The van der Waals surface area contributed by atoms with Crippen LogP contribution in [0.15, 0.2) is 42.5 Å². The van der Waals surface area contributed by atoms with E-state index in [2.05, 4.69) is 0 Å². The molecule has 0 amide bonds. The highest BCUT2D eigenvalue weighted by Crippen LogP contribution is 2.34. The van der Waals surface area contributed by atoms with Gasteiger partial charge in [-0.1, -0.05) is 35.9 Å². The zero-order valence-electron chi connectivity index (χ0n) is 16.5. The number of rotatable bonds is 5. The van der Waals surface area contributed by atoms with E-state index in [0.29, 0.717) is 24.5 Å². The fourth-order valence-electron chi connectivity index (χ4n) is 3.95. The number of hydrogen-bond acceptors (Lipinski definition) is 5. The lowest BCUT2D eigenvalue weighted by atomic mass is 9.92. The highest BCUT2D eigenvalue weighted by molar-refractivity contribution is 6.31. The maximum atomic E-state index is 10.4. The number of halogens is 1. The summed E-state index contributed by atoms with van der Waals surface area (Å²) in [7, 11) is 0. The Balaban J connectivity index is 1.47. The van der Waals surface area contributed by atoms with Gasteiger partial charge < -0.3 is 24.4 Å². The quantitative estimate of drug-likeness (QED) is 0.775. The van der Waals surface area contributed by atoms with E-state index in [-0.39, 0.29) is 12.2 Å². The molecule has 6 heteroatoms. The first-order valence-corrected chi connectivity index (χ1v) is 10.5. The van der Waals surface area contributed by atoms with E-state index in [1.165, 1.54) is 0 Å². The topological polar surface area (TPSA) is 68.2 Å². The predicted molar refractivity (Wildman–Crippen MR) is 110 cm³/mol. The molecule has 2 fully saturated rings. The summed E-state index contributed by atoms with van der Waals surface area (Å²) in [5.74, 6) is 0.839. The van der Waals surface area contributed by atoms with Crippen LogP contribution in [0.4, 0.5) is 0 Å². The standard InChI is InChI=1S/C23H27ClO5/c1-14-10-21(25)22(26)23(28-14)16-4-7-20(24)17(12-16)11-15-2-5-18(6-3-15)29-19-8-9-27-13-19/h2-7,12,14,19,21-23,25-26H,8-11,13H2,1H3/t14?,19-,21?,22?,23?/m0/s1. The molecule has 4 rings (SSSR count). The Morgan fingerprint density at radius 3 is 2.66 bits per heavy atom. The largest absolute Gasteiger partial charge is 0.488 e. The van der Waals surface area contributed by atoms with Gasteiger partial charge in [-0.2, -0.15) is 0 Å². The lowest BCUT2D eigenvalue weighted by molar-refractivity contribution is -0.166. The molecule has 0 saturated carbocycles. The Morgan fingerprint density at radius 2 is 1.93 bits per heavy atom. The van der Waals surface area contributed by atoms with Crippen LogP contribution >= 0.6 is 11.6 Å². The second kappa shape index (κ2) is 9.02. The molecule has 156 valence electrons. The average Bonchev–Trinajstić information content (AvgIpc) is 3.21. The molecule has 2 aromatic rings. The third kappa shape index (κ3) is 4.93. The molecule has 5 atom stereocenters. The van der Waals surface area contributed by atoms with Gasteiger partial charge in [0.1, 0.15) is 24.1 Å².